The van der Waals surface area contributed by atoms with E-state index in [1.54, 1.807) is 12.1 Å². The number of hydrogen-bond acceptors (Lipinski definition) is 2. The largest absolute Gasteiger partial charge is 0.271 e. The topological polar surface area (TPSA) is 38.0 Å². The van der Waals surface area contributed by atoms with Gasteiger partial charge in [-0.3, -0.25) is 11.3 Å². The van der Waals surface area contributed by atoms with Gasteiger partial charge < -0.3 is 0 Å². The van der Waals surface area contributed by atoms with Gasteiger partial charge in [-0.1, -0.05) is 19.9 Å². The Bertz CT molecular complexity index is 328. The monoisotopic (exact) mass is 274 g/mol. The number of hydrazine groups is 1. The van der Waals surface area contributed by atoms with E-state index in [2.05, 4.69) is 35.2 Å². The summed E-state index contributed by atoms with van der Waals surface area (Å²) in [5.41, 5.74) is 3.84. The van der Waals surface area contributed by atoms with Crippen LogP contribution in [0.5, 0.6) is 0 Å². The molecule has 0 spiro atoms. The fourth-order valence-corrected chi connectivity index (χ4v) is 1.83. The number of halogens is 2. The average molecular weight is 275 g/mol. The Hall–Kier alpha value is -0.450. The Morgan fingerprint density at radius 3 is 2.60 bits per heavy atom. The molecule has 84 valence electrons. The normalized spacial score (nSPS) is 13.2. The van der Waals surface area contributed by atoms with Gasteiger partial charge in [0.1, 0.15) is 5.82 Å². The Morgan fingerprint density at radius 2 is 2.13 bits per heavy atom. The van der Waals surface area contributed by atoms with Crippen LogP contribution in [-0.4, -0.2) is 6.04 Å². The molecule has 1 unspecified atom stereocenters. The van der Waals surface area contributed by atoms with E-state index in [0.717, 1.165) is 12.0 Å². The Labute approximate surface area is 98.1 Å². The van der Waals surface area contributed by atoms with Gasteiger partial charge in [0.25, 0.3) is 0 Å². The molecule has 15 heavy (non-hydrogen) atoms. The number of hydrogen-bond donors (Lipinski definition) is 2. The summed E-state index contributed by atoms with van der Waals surface area (Å²) < 4.78 is 13.5. The van der Waals surface area contributed by atoms with Crippen molar-refractivity contribution in [2.24, 2.45) is 11.8 Å². The van der Waals surface area contributed by atoms with Gasteiger partial charge in [0.2, 0.25) is 0 Å². The van der Waals surface area contributed by atoms with Gasteiger partial charge >= 0.3 is 0 Å². The summed E-state index contributed by atoms with van der Waals surface area (Å²) in [6, 6.07) is 5.25. The van der Waals surface area contributed by atoms with E-state index in [9.17, 15) is 4.39 Å². The smallest absolute Gasteiger partial charge is 0.137 e. The summed E-state index contributed by atoms with van der Waals surface area (Å²) >= 11 is 3.17. The summed E-state index contributed by atoms with van der Waals surface area (Å²) in [4.78, 5) is 0. The van der Waals surface area contributed by atoms with Crippen LogP contribution in [0.4, 0.5) is 4.39 Å². The summed E-state index contributed by atoms with van der Waals surface area (Å²) in [6.07, 6.45) is 0.799. The molecule has 2 nitrogen and oxygen atoms in total. The molecule has 0 amide bonds. The zero-order chi connectivity index (χ0) is 11.4. The van der Waals surface area contributed by atoms with E-state index in [-0.39, 0.29) is 11.9 Å². The lowest BCUT2D eigenvalue weighted by molar-refractivity contribution is 0.404. The lowest BCUT2D eigenvalue weighted by atomic mass is 9.97. The molecule has 0 aliphatic carbocycles. The predicted octanol–water partition coefficient (Wildman–Crippen LogP) is 2.62. The molecule has 1 aromatic carbocycles. The van der Waals surface area contributed by atoms with Crippen LogP contribution in [0.2, 0.25) is 0 Å². The highest BCUT2D eigenvalue weighted by atomic mass is 79.9. The molecule has 0 radical (unpaired) electrons. The van der Waals surface area contributed by atoms with Gasteiger partial charge in [-0.15, -0.1) is 0 Å². The highest BCUT2D eigenvalue weighted by Gasteiger charge is 2.12. The average Bonchev–Trinajstić information content (AvgIpc) is 2.19. The van der Waals surface area contributed by atoms with Crippen LogP contribution < -0.4 is 11.3 Å². The second-order valence-electron chi connectivity index (χ2n) is 3.97. The van der Waals surface area contributed by atoms with Crippen LogP contribution in [0.15, 0.2) is 22.7 Å². The fraction of sp³-hybridized carbons (Fsp3) is 0.455. The lowest BCUT2D eigenvalue weighted by Gasteiger charge is -2.19. The number of rotatable bonds is 4. The molecule has 0 bridgehead atoms. The molecular weight excluding hydrogens is 259 g/mol. The summed E-state index contributed by atoms with van der Waals surface area (Å²) in [7, 11) is 0. The second kappa shape index (κ2) is 5.58. The van der Waals surface area contributed by atoms with Crippen LogP contribution in [0.25, 0.3) is 0 Å². The molecule has 4 heteroatoms. The first-order valence-corrected chi connectivity index (χ1v) is 5.74. The number of benzene rings is 1. The SMILES string of the molecule is CC(C)C(Cc1ccc(F)c(Br)c1)NN. The highest BCUT2D eigenvalue weighted by Crippen LogP contribution is 2.18. The summed E-state index contributed by atoms with van der Waals surface area (Å²) in [5, 5.41) is 0. The molecule has 1 aromatic rings. The van der Waals surface area contributed by atoms with Crippen molar-refractivity contribution in [3.05, 3.63) is 34.1 Å². The third-order valence-electron chi connectivity index (χ3n) is 2.46. The maximum absolute atomic E-state index is 13.0. The van der Waals surface area contributed by atoms with Crippen molar-refractivity contribution in [1.82, 2.24) is 5.43 Å². The molecule has 0 aromatic heterocycles. The second-order valence-corrected chi connectivity index (χ2v) is 4.82. The predicted molar refractivity (Wildman–Crippen MR) is 63.8 cm³/mol. The first-order valence-electron chi connectivity index (χ1n) is 4.94. The van der Waals surface area contributed by atoms with Crippen molar-refractivity contribution >= 4 is 15.9 Å². The quantitative estimate of drug-likeness (QED) is 0.655. The van der Waals surface area contributed by atoms with Crippen LogP contribution in [0.3, 0.4) is 0 Å². The van der Waals surface area contributed by atoms with Gasteiger partial charge in [0.15, 0.2) is 0 Å². The van der Waals surface area contributed by atoms with Crippen molar-refractivity contribution in [2.45, 2.75) is 26.3 Å². The molecular formula is C11H16BrFN2. The lowest BCUT2D eigenvalue weighted by Crippen LogP contribution is -2.40. The van der Waals surface area contributed by atoms with Crippen LogP contribution in [0.1, 0.15) is 19.4 Å². The van der Waals surface area contributed by atoms with Gasteiger partial charge in [0.05, 0.1) is 4.47 Å². The Balaban J connectivity index is 2.75. The minimum atomic E-state index is -0.236. The molecule has 0 saturated carbocycles. The first-order chi connectivity index (χ1) is 7.04. The zero-order valence-corrected chi connectivity index (χ0v) is 10.5. The van der Waals surface area contributed by atoms with E-state index >= 15 is 0 Å². The molecule has 1 atom stereocenters. The number of nitrogens with two attached hydrogens (primary N) is 1. The van der Waals surface area contributed by atoms with Crippen molar-refractivity contribution in [3.8, 4) is 0 Å². The molecule has 0 fully saturated rings. The summed E-state index contributed by atoms with van der Waals surface area (Å²) in [5.74, 6) is 5.66. The van der Waals surface area contributed by atoms with Gasteiger partial charge in [-0.25, -0.2) is 4.39 Å². The van der Waals surface area contributed by atoms with E-state index in [0.29, 0.717) is 10.4 Å². The molecule has 0 saturated heterocycles. The highest BCUT2D eigenvalue weighted by molar-refractivity contribution is 9.10. The Kier molecular flexibility index (Phi) is 4.70. The van der Waals surface area contributed by atoms with E-state index in [1.807, 2.05) is 0 Å². The minimum Gasteiger partial charge on any atom is -0.271 e. The maximum atomic E-state index is 13.0. The maximum Gasteiger partial charge on any atom is 0.137 e. The fourth-order valence-electron chi connectivity index (χ4n) is 1.41. The number of nitrogens with one attached hydrogen (secondary N) is 1. The molecule has 0 aliphatic heterocycles. The Morgan fingerprint density at radius 1 is 1.47 bits per heavy atom. The van der Waals surface area contributed by atoms with E-state index < -0.39 is 0 Å². The third kappa shape index (κ3) is 3.55. The molecule has 0 aliphatic rings. The third-order valence-corrected chi connectivity index (χ3v) is 3.07. The van der Waals surface area contributed by atoms with Gasteiger partial charge in [-0.05, 0) is 46.0 Å². The van der Waals surface area contributed by atoms with Crippen LogP contribution >= 0.6 is 15.9 Å². The molecule has 1 rings (SSSR count). The first kappa shape index (κ1) is 12.6. The van der Waals surface area contributed by atoms with Gasteiger partial charge in [0, 0.05) is 6.04 Å². The van der Waals surface area contributed by atoms with E-state index in [1.165, 1.54) is 6.07 Å². The van der Waals surface area contributed by atoms with Crippen molar-refractivity contribution in [1.29, 1.82) is 0 Å². The van der Waals surface area contributed by atoms with Crippen LogP contribution in [0, 0.1) is 11.7 Å². The van der Waals surface area contributed by atoms with Crippen molar-refractivity contribution < 1.29 is 4.39 Å². The molecule has 0 heterocycles. The zero-order valence-electron chi connectivity index (χ0n) is 8.93. The van der Waals surface area contributed by atoms with Crippen LogP contribution in [-0.2, 0) is 6.42 Å². The standard InChI is InChI=1S/C11H16BrFN2/c1-7(2)11(15-14)6-8-3-4-10(13)9(12)5-8/h3-5,7,11,15H,6,14H2,1-2H3. The summed E-state index contributed by atoms with van der Waals surface area (Å²) in [6.45, 7) is 4.20. The van der Waals surface area contributed by atoms with Crippen molar-refractivity contribution in [2.75, 3.05) is 0 Å². The molecule has 3 N–H and O–H groups in total. The minimum absolute atomic E-state index is 0.211. The van der Waals surface area contributed by atoms with Crippen molar-refractivity contribution in [3.63, 3.8) is 0 Å². The van der Waals surface area contributed by atoms with E-state index in [4.69, 9.17) is 5.84 Å². The van der Waals surface area contributed by atoms with Gasteiger partial charge in [-0.2, -0.15) is 0 Å².